The van der Waals surface area contributed by atoms with E-state index < -0.39 is 46.9 Å². The van der Waals surface area contributed by atoms with Gasteiger partial charge in [0.1, 0.15) is 6.10 Å². The van der Waals surface area contributed by atoms with E-state index in [1.54, 1.807) is 0 Å². The van der Waals surface area contributed by atoms with Crippen molar-refractivity contribution in [1.82, 2.24) is 0 Å². The van der Waals surface area contributed by atoms with E-state index in [1.807, 2.05) is 0 Å². The summed E-state index contributed by atoms with van der Waals surface area (Å²) in [6.45, 7) is 0. The van der Waals surface area contributed by atoms with Crippen LogP contribution in [0.4, 0.5) is 22.0 Å². The van der Waals surface area contributed by atoms with Gasteiger partial charge in [0.2, 0.25) is 5.82 Å². The van der Waals surface area contributed by atoms with E-state index in [1.165, 1.54) is 0 Å². The van der Waals surface area contributed by atoms with Gasteiger partial charge in [0.05, 0.1) is 11.6 Å². The summed E-state index contributed by atoms with van der Waals surface area (Å²) in [7, 11) is 0. The summed E-state index contributed by atoms with van der Waals surface area (Å²) < 4.78 is 64.1. The van der Waals surface area contributed by atoms with Crippen molar-refractivity contribution in [2.45, 2.75) is 12.2 Å². The monoisotopic (exact) mass is 253 g/mol. The second-order valence-corrected chi connectivity index (χ2v) is 3.00. The van der Waals surface area contributed by atoms with Crippen molar-refractivity contribution in [3.63, 3.8) is 0 Å². The maximum atomic E-state index is 13.0. The standard InChI is InChI=1S/C9H4F5NO2/c10-4-3(9(17)2(16)1-15)5(11)7(13)8(14)6(4)12/h2,9,16-17H/t2-,9+/m1/s1. The van der Waals surface area contributed by atoms with Crippen LogP contribution >= 0.6 is 0 Å². The highest BCUT2D eigenvalue weighted by Gasteiger charge is 2.32. The molecule has 0 heterocycles. The van der Waals surface area contributed by atoms with Gasteiger partial charge in [-0.25, -0.2) is 22.0 Å². The molecule has 92 valence electrons. The Bertz CT molecular complexity index is 470. The molecule has 17 heavy (non-hydrogen) atoms. The van der Waals surface area contributed by atoms with Gasteiger partial charge in [0.25, 0.3) is 0 Å². The van der Waals surface area contributed by atoms with E-state index in [0.717, 1.165) is 6.07 Å². The van der Waals surface area contributed by atoms with Gasteiger partial charge in [-0.15, -0.1) is 0 Å². The number of halogens is 5. The van der Waals surface area contributed by atoms with E-state index in [-0.39, 0.29) is 0 Å². The van der Waals surface area contributed by atoms with Gasteiger partial charge in [-0.2, -0.15) is 5.26 Å². The van der Waals surface area contributed by atoms with Crippen LogP contribution in [-0.2, 0) is 0 Å². The predicted molar refractivity (Wildman–Crippen MR) is 42.8 cm³/mol. The van der Waals surface area contributed by atoms with Crippen LogP contribution in [0.3, 0.4) is 0 Å². The predicted octanol–water partition coefficient (Wildman–Crippen LogP) is 1.30. The molecular weight excluding hydrogens is 249 g/mol. The van der Waals surface area contributed by atoms with Gasteiger partial charge < -0.3 is 10.2 Å². The average molecular weight is 253 g/mol. The molecule has 0 spiro atoms. The highest BCUT2D eigenvalue weighted by Crippen LogP contribution is 2.29. The molecule has 0 unspecified atom stereocenters. The lowest BCUT2D eigenvalue weighted by molar-refractivity contribution is 0.0462. The molecule has 0 aliphatic carbocycles. The normalized spacial score (nSPS) is 14.2. The first-order valence-corrected chi connectivity index (χ1v) is 4.10. The third-order valence-electron chi connectivity index (χ3n) is 1.97. The summed E-state index contributed by atoms with van der Waals surface area (Å²) in [6, 6.07) is 1.00. The van der Waals surface area contributed by atoms with Crippen LogP contribution in [0.25, 0.3) is 0 Å². The van der Waals surface area contributed by atoms with Crippen molar-refractivity contribution in [3.8, 4) is 6.07 Å². The van der Waals surface area contributed by atoms with Crippen LogP contribution in [0.5, 0.6) is 0 Å². The molecule has 0 aliphatic heterocycles. The Morgan fingerprint density at radius 3 is 1.53 bits per heavy atom. The zero-order chi connectivity index (χ0) is 13.3. The largest absolute Gasteiger partial charge is 0.384 e. The minimum atomic E-state index is -2.54. The van der Waals surface area contributed by atoms with Gasteiger partial charge in [0.15, 0.2) is 29.4 Å². The molecule has 0 aromatic heterocycles. The molecule has 2 atom stereocenters. The summed E-state index contributed by atoms with van der Waals surface area (Å²) in [5.74, 6) is -11.5. The minimum Gasteiger partial charge on any atom is -0.384 e. The highest BCUT2D eigenvalue weighted by molar-refractivity contribution is 5.27. The summed E-state index contributed by atoms with van der Waals surface area (Å²) in [6.07, 6.45) is -4.85. The van der Waals surface area contributed by atoms with Gasteiger partial charge in [0, 0.05) is 0 Å². The number of benzene rings is 1. The lowest BCUT2D eigenvalue weighted by Gasteiger charge is -2.14. The molecule has 3 nitrogen and oxygen atoms in total. The van der Waals surface area contributed by atoms with Gasteiger partial charge >= 0.3 is 0 Å². The van der Waals surface area contributed by atoms with Crippen LogP contribution in [0.2, 0.25) is 0 Å². The van der Waals surface area contributed by atoms with Crippen molar-refractivity contribution >= 4 is 0 Å². The number of rotatable bonds is 2. The molecule has 0 fully saturated rings. The van der Waals surface area contributed by atoms with Crippen LogP contribution < -0.4 is 0 Å². The molecule has 1 aromatic carbocycles. The van der Waals surface area contributed by atoms with Crippen molar-refractivity contribution in [2.75, 3.05) is 0 Å². The quantitative estimate of drug-likeness (QED) is 0.361. The second kappa shape index (κ2) is 4.65. The molecule has 0 saturated carbocycles. The molecule has 0 bridgehead atoms. The average Bonchev–Trinajstić information content (AvgIpc) is 2.32. The molecule has 0 amide bonds. The Balaban J connectivity index is 3.50. The van der Waals surface area contributed by atoms with Crippen molar-refractivity contribution < 1.29 is 32.2 Å². The Kier molecular flexibility index (Phi) is 3.65. The van der Waals surface area contributed by atoms with Crippen LogP contribution in [-0.4, -0.2) is 16.3 Å². The van der Waals surface area contributed by atoms with Crippen molar-refractivity contribution in [2.24, 2.45) is 0 Å². The number of nitriles is 1. The fraction of sp³-hybridized carbons (Fsp3) is 0.222. The molecule has 0 aliphatic rings. The SMILES string of the molecule is N#C[C@@H](O)[C@H](O)c1c(F)c(F)c(F)c(F)c1F. The van der Waals surface area contributed by atoms with Gasteiger partial charge in [-0.1, -0.05) is 0 Å². The first-order chi connectivity index (χ1) is 7.82. The fourth-order valence-corrected chi connectivity index (χ4v) is 1.11. The summed E-state index contributed by atoms with van der Waals surface area (Å²) in [5, 5.41) is 26.1. The Labute approximate surface area is 91.3 Å². The van der Waals surface area contributed by atoms with E-state index in [2.05, 4.69) is 0 Å². The fourth-order valence-electron chi connectivity index (χ4n) is 1.11. The van der Waals surface area contributed by atoms with Gasteiger partial charge in [-0.3, -0.25) is 0 Å². The summed E-state index contributed by atoms with van der Waals surface area (Å²) in [4.78, 5) is 0. The molecule has 8 heteroatoms. The highest BCUT2D eigenvalue weighted by atomic mass is 19.2. The minimum absolute atomic E-state index is 1.00. The lowest BCUT2D eigenvalue weighted by Crippen LogP contribution is -2.21. The van der Waals surface area contributed by atoms with Crippen molar-refractivity contribution in [1.29, 1.82) is 5.26 Å². The van der Waals surface area contributed by atoms with Crippen LogP contribution in [0, 0.1) is 40.4 Å². The smallest absolute Gasteiger partial charge is 0.200 e. The van der Waals surface area contributed by atoms with Crippen LogP contribution in [0.1, 0.15) is 11.7 Å². The number of aliphatic hydroxyl groups is 2. The summed E-state index contributed by atoms with van der Waals surface area (Å²) in [5.41, 5.74) is -1.64. The topological polar surface area (TPSA) is 64.2 Å². The Morgan fingerprint density at radius 2 is 1.18 bits per heavy atom. The number of aliphatic hydroxyl groups excluding tert-OH is 2. The van der Waals surface area contributed by atoms with Crippen LogP contribution in [0.15, 0.2) is 0 Å². The second-order valence-electron chi connectivity index (χ2n) is 3.00. The zero-order valence-electron chi connectivity index (χ0n) is 7.89. The van der Waals surface area contributed by atoms with E-state index in [4.69, 9.17) is 15.5 Å². The van der Waals surface area contributed by atoms with Gasteiger partial charge in [-0.05, 0) is 0 Å². The molecular formula is C9H4F5NO2. The molecule has 2 N–H and O–H groups in total. The van der Waals surface area contributed by atoms with E-state index in [0.29, 0.717) is 0 Å². The molecule has 0 radical (unpaired) electrons. The first kappa shape index (κ1) is 13.3. The number of hydrogen-bond acceptors (Lipinski definition) is 3. The Morgan fingerprint density at radius 1 is 0.824 bits per heavy atom. The lowest BCUT2D eigenvalue weighted by atomic mass is 10.0. The molecule has 1 aromatic rings. The third-order valence-corrected chi connectivity index (χ3v) is 1.97. The molecule has 0 saturated heterocycles. The Hall–Kier alpha value is -1.72. The van der Waals surface area contributed by atoms with E-state index in [9.17, 15) is 22.0 Å². The number of hydrogen-bond donors (Lipinski definition) is 2. The van der Waals surface area contributed by atoms with Crippen molar-refractivity contribution in [3.05, 3.63) is 34.6 Å². The maximum absolute atomic E-state index is 13.0. The maximum Gasteiger partial charge on any atom is 0.200 e. The molecule has 1 rings (SSSR count). The zero-order valence-corrected chi connectivity index (χ0v) is 7.89. The number of nitrogens with zero attached hydrogens (tertiary/aromatic N) is 1. The van der Waals surface area contributed by atoms with E-state index >= 15 is 0 Å². The third kappa shape index (κ3) is 2.07. The summed E-state index contributed by atoms with van der Waals surface area (Å²) >= 11 is 0. The first-order valence-electron chi connectivity index (χ1n) is 4.10.